The van der Waals surface area contributed by atoms with Crippen LogP contribution >= 0.6 is 0 Å². The van der Waals surface area contributed by atoms with E-state index in [-0.39, 0.29) is 0 Å². The molecule has 0 fully saturated rings. The van der Waals surface area contributed by atoms with Crippen LogP contribution in [0.2, 0.25) is 0 Å². The van der Waals surface area contributed by atoms with Crippen LogP contribution in [0.25, 0.3) is 33.4 Å². The van der Waals surface area contributed by atoms with E-state index in [1.165, 1.54) is 10.8 Å². The lowest BCUT2D eigenvalue weighted by Crippen LogP contribution is -1.78. The van der Waals surface area contributed by atoms with E-state index in [1.54, 1.807) is 0 Å². The maximum atomic E-state index is 6.19. The van der Waals surface area contributed by atoms with Gasteiger partial charge in [-0.2, -0.15) is 0 Å². The fraction of sp³-hybridized carbons (Fsp3) is 0.0476. The van der Waals surface area contributed by atoms with E-state index in [4.69, 9.17) is 4.42 Å². The van der Waals surface area contributed by atoms with Crippen molar-refractivity contribution in [3.8, 4) is 22.6 Å². The van der Waals surface area contributed by atoms with Crippen molar-refractivity contribution in [2.45, 2.75) is 6.92 Å². The number of aryl methyl sites for hydroxylation is 1. The summed E-state index contributed by atoms with van der Waals surface area (Å²) in [6.07, 6.45) is 0. The lowest BCUT2D eigenvalue weighted by Gasteiger charge is -2.03. The standard InChI is InChI=1S/C21H16O/c1-15-14-20(22-21(15)17-9-3-2-4-10-17)19-13-7-11-16-8-5-6-12-18(16)19/h2-14H,1H3. The minimum atomic E-state index is 0.924. The van der Waals surface area contributed by atoms with Crippen LogP contribution in [0.1, 0.15) is 5.56 Å². The average molecular weight is 284 g/mol. The van der Waals surface area contributed by atoms with Crippen LogP contribution in [0.4, 0.5) is 0 Å². The van der Waals surface area contributed by atoms with Crippen LogP contribution in [0.3, 0.4) is 0 Å². The third kappa shape index (κ3) is 2.11. The first-order valence-corrected chi connectivity index (χ1v) is 7.47. The van der Waals surface area contributed by atoms with Gasteiger partial charge in [0.2, 0.25) is 0 Å². The van der Waals surface area contributed by atoms with E-state index >= 15 is 0 Å². The van der Waals surface area contributed by atoms with Crippen molar-refractivity contribution in [1.82, 2.24) is 0 Å². The van der Waals surface area contributed by atoms with Gasteiger partial charge < -0.3 is 4.42 Å². The third-order valence-electron chi connectivity index (χ3n) is 4.01. The number of hydrogen-bond acceptors (Lipinski definition) is 1. The fourth-order valence-electron chi connectivity index (χ4n) is 2.93. The van der Waals surface area contributed by atoms with E-state index in [0.717, 1.165) is 28.2 Å². The number of furan rings is 1. The van der Waals surface area contributed by atoms with Crippen molar-refractivity contribution in [1.29, 1.82) is 0 Å². The summed E-state index contributed by atoms with van der Waals surface area (Å²) < 4.78 is 6.19. The number of benzene rings is 3. The maximum absolute atomic E-state index is 6.19. The Kier molecular flexibility index (Phi) is 3.05. The highest BCUT2D eigenvalue weighted by Gasteiger charge is 2.12. The molecule has 106 valence electrons. The quantitative estimate of drug-likeness (QED) is 0.435. The molecule has 0 amide bonds. The third-order valence-corrected chi connectivity index (χ3v) is 4.01. The van der Waals surface area contributed by atoms with Crippen molar-refractivity contribution in [2.75, 3.05) is 0 Å². The molecule has 0 saturated carbocycles. The average Bonchev–Trinajstić information content (AvgIpc) is 2.97. The lowest BCUT2D eigenvalue weighted by atomic mass is 10.0. The molecule has 0 aliphatic carbocycles. The maximum Gasteiger partial charge on any atom is 0.137 e. The summed E-state index contributed by atoms with van der Waals surface area (Å²) in [6.45, 7) is 2.10. The molecule has 1 heterocycles. The molecule has 0 spiro atoms. The normalized spacial score (nSPS) is 11.0. The molecule has 0 aliphatic heterocycles. The van der Waals surface area contributed by atoms with Gasteiger partial charge in [-0.3, -0.25) is 0 Å². The van der Waals surface area contributed by atoms with Gasteiger partial charge in [0, 0.05) is 11.1 Å². The van der Waals surface area contributed by atoms with Gasteiger partial charge in [-0.25, -0.2) is 0 Å². The van der Waals surface area contributed by atoms with Crippen molar-refractivity contribution < 1.29 is 4.42 Å². The van der Waals surface area contributed by atoms with E-state index in [2.05, 4.69) is 67.6 Å². The summed E-state index contributed by atoms with van der Waals surface area (Å²) >= 11 is 0. The predicted octanol–water partition coefficient (Wildman–Crippen LogP) is 6.08. The van der Waals surface area contributed by atoms with Gasteiger partial charge >= 0.3 is 0 Å². The summed E-state index contributed by atoms with van der Waals surface area (Å²) in [4.78, 5) is 0. The Morgan fingerprint density at radius 2 is 1.45 bits per heavy atom. The Morgan fingerprint density at radius 1 is 0.727 bits per heavy atom. The molecule has 0 atom stereocenters. The summed E-state index contributed by atoms with van der Waals surface area (Å²) in [5.41, 5.74) is 3.42. The van der Waals surface area contributed by atoms with Gasteiger partial charge in [0.25, 0.3) is 0 Å². The monoisotopic (exact) mass is 284 g/mol. The number of fused-ring (bicyclic) bond motifs is 1. The Hall–Kier alpha value is -2.80. The molecular formula is C21H16O. The van der Waals surface area contributed by atoms with Crippen LogP contribution in [0.15, 0.2) is 83.3 Å². The van der Waals surface area contributed by atoms with E-state index < -0.39 is 0 Å². The molecule has 1 aromatic heterocycles. The highest BCUT2D eigenvalue weighted by molar-refractivity contribution is 5.95. The summed E-state index contributed by atoms with van der Waals surface area (Å²) in [6, 6.07) is 27.1. The van der Waals surface area contributed by atoms with Crippen LogP contribution in [0.5, 0.6) is 0 Å². The zero-order valence-corrected chi connectivity index (χ0v) is 12.4. The molecule has 4 rings (SSSR count). The largest absolute Gasteiger partial charge is 0.456 e. The molecular weight excluding hydrogens is 268 g/mol. The minimum Gasteiger partial charge on any atom is -0.456 e. The van der Waals surface area contributed by atoms with Crippen molar-refractivity contribution in [2.24, 2.45) is 0 Å². The topological polar surface area (TPSA) is 13.1 Å². The van der Waals surface area contributed by atoms with E-state index in [1.807, 2.05) is 18.2 Å². The first-order valence-electron chi connectivity index (χ1n) is 7.47. The van der Waals surface area contributed by atoms with Gasteiger partial charge in [0.15, 0.2) is 0 Å². The SMILES string of the molecule is Cc1cc(-c2cccc3ccccc23)oc1-c1ccccc1. The second kappa shape index (κ2) is 5.19. The van der Waals surface area contributed by atoms with Gasteiger partial charge in [-0.15, -0.1) is 0 Å². The summed E-state index contributed by atoms with van der Waals surface area (Å²) in [7, 11) is 0. The highest BCUT2D eigenvalue weighted by atomic mass is 16.3. The molecule has 0 saturated heterocycles. The van der Waals surface area contributed by atoms with Crippen LogP contribution in [0, 0.1) is 6.92 Å². The summed E-state index contributed by atoms with van der Waals surface area (Å²) in [5.74, 6) is 1.87. The molecule has 1 nitrogen and oxygen atoms in total. The van der Waals surface area contributed by atoms with Crippen molar-refractivity contribution in [3.63, 3.8) is 0 Å². The lowest BCUT2D eigenvalue weighted by molar-refractivity contribution is 0.596. The predicted molar refractivity (Wildman–Crippen MR) is 91.8 cm³/mol. The smallest absolute Gasteiger partial charge is 0.137 e. The fourth-order valence-corrected chi connectivity index (χ4v) is 2.93. The first-order chi connectivity index (χ1) is 10.8. The van der Waals surface area contributed by atoms with Gasteiger partial charge in [0.05, 0.1) is 0 Å². The second-order valence-corrected chi connectivity index (χ2v) is 5.52. The number of rotatable bonds is 2. The molecule has 0 bridgehead atoms. The van der Waals surface area contributed by atoms with Crippen LogP contribution in [-0.4, -0.2) is 0 Å². The summed E-state index contributed by atoms with van der Waals surface area (Å²) in [5, 5.41) is 2.45. The molecule has 0 radical (unpaired) electrons. The van der Waals surface area contributed by atoms with Gasteiger partial charge in [0.1, 0.15) is 11.5 Å². The van der Waals surface area contributed by atoms with E-state index in [9.17, 15) is 0 Å². The van der Waals surface area contributed by atoms with Crippen molar-refractivity contribution >= 4 is 10.8 Å². The molecule has 0 N–H and O–H groups in total. The first kappa shape index (κ1) is 12.9. The molecule has 4 aromatic rings. The van der Waals surface area contributed by atoms with Crippen LogP contribution < -0.4 is 0 Å². The Bertz CT molecular complexity index is 927. The van der Waals surface area contributed by atoms with Crippen molar-refractivity contribution in [3.05, 3.63) is 84.4 Å². The number of hydrogen-bond donors (Lipinski definition) is 0. The Labute approximate surface area is 129 Å². The Morgan fingerprint density at radius 3 is 2.32 bits per heavy atom. The zero-order chi connectivity index (χ0) is 14.9. The van der Waals surface area contributed by atoms with Gasteiger partial charge in [-0.05, 0) is 29.3 Å². The Balaban J connectivity index is 1.90. The van der Waals surface area contributed by atoms with Crippen LogP contribution in [-0.2, 0) is 0 Å². The van der Waals surface area contributed by atoms with E-state index in [0.29, 0.717) is 0 Å². The van der Waals surface area contributed by atoms with Gasteiger partial charge in [-0.1, -0.05) is 72.8 Å². The molecule has 3 aromatic carbocycles. The molecule has 1 heteroatoms. The highest BCUT2D eigenvalue weighted by Crippen LogP contribution is 2.35. The second-order valence-electron chi connectivity index (χ2n) is 5.52. The molecule has 0 aliphatic rings. The zero-order valence-electron chi connectivity index (χ0n) is 12.4. The minimum absolute atomic E-state index is 0.924. The molecule has 22 heavy (non-hydrogen) atoms. The molecule has 0 unspecified atom stereocenters.